The molecule has 0 unspecified atom stereocenters. The second kappa shape index (κ2) is 9.43. The van der Waals surface area contributed by atoms with Crippen LogP contribution in [0.3, 0.4) is 0 Å². The molecule has 2 atom stereocenters. The van der Waals surface area contributed by atoms with Gasteiger partial charge in [-0.1, -0.05) is 30.3 Å². The number of hydrogen-bond donors (Lipinski definition) is 0. The molecule has 1 amide bonds. The molecular formula is C23H25NO6. The van der Waals surface area contributed by atoms with Gasteiger partial charge in [0.2, 0.25) is 11.7 Å². The Morgan fingerprint density at radius 3 is 2.50 bits per heavy atom. The van der Waals surface area contributed by atoms with Gasteiger partial charge in [0.05, 0.1) is 31.7 Å². The Balaban J connectivity index is 1.60. The number of ether oxygens (including phenoxy) is 3. The maximum Gasteiger partial charge on any atom is 0.311 e. The first-order chi connectivity index (χ1) is 14.4. The van der Waals surface area contributed by atoms with E-state index in [1.165, 1.54) is 20.3 Å². The number of hydrogen-bond acceptors (Lipinski definition) is 6. The highest BCUT2D eigenvalue weighted by atomic mass is 16.5. The standard InChI is InChI=1S/C23H25NO6/c1-15(16-7-5-4-6-8-16)24-13-17(11-22(24)26)23(27)30-14-20(25)19-12-18(28-2)9-10-21(19)29-3/h4-10,12,15,17H,11,13-14H2,1-3H3/t15-,17-/m1/s1. The van der Waals surface area contributed by atoms with Crippen molar-refractivity contribution < 1.29 is 28.6 Å². The van der Waals surface area contributed by atoms with Crippen molar-refractivity contribution >= 4 is 17.7 Å². The summed E-state index contributed by atoms with van der Waals surface area (Å²) in [6.45, 7) is 1.77. The quantitative estimate of drug-likeness (QED) is 0.491. The summed E-state index contributed by atoms with van der Waals surface area (Å²) in [6.07, 6.45) is 0.0761. The van der Waals surface area contributed by atoms with Gasteiger partial charge in [-0.25, -0.2) is 0 Å². The topological polar surface area (TPSA) is 82.1 Å². The van der Waals surface area contributed by atoms with Crippen molar-refractivity contribution in [1.82, 2.24) is 4.90 Å². The van der Waals surface area contributed by atoms with E-state index in [0.717, 1.165) is 5.56 Å². The van der Waals surface area contributed by atoms with Crippen LogP contribution in [0.15, 0.2) is 48.5 Å². The molecule has 1 fully saturated rings. The highest BCUT2D eigenvalue weighted by Gasteiger charge is 2.38. The van der Waals surface area contributed by atoms with Crippen LogP contribution in [-0.4, -0.2) is 49.9 Å². The van der Waals surface area contributed by atoms with Crippen LogP contribution in [0, 0.1) is 5.92 Å². The third kappa shape index (κ3) is 4.62. The Labute approximate surface area is 175 Å². The maximum atomic E-state index is 12.5. The number of ketones is 1. The molecule has 0 aliphatic carbocycles. The number of carbonyl (C=O) groups excluding carboxylic acids is 3. The van der Waals surface area contributed by atoms with Gasteiger partial charge in [-0.15, -0.1) is 0 Å². The molecule has 1 aliphatic rings. The minimum absolute atomic E-state index is 0.0761. The molecule has 30 heavy (non-hydrogen) atoms. The predicted molar refractivity (Wildman–Crippen MR) is 110 cm³/mol. The van der Waals surface area contributed by atoms with Gasteiger partial charge in [0.25, 0.3) is 0 Å². The first-order valence-corrected chi connectivity index (χ1v) is 9.70. The Morgan fingerprint density at radius 2 is 1.83 bits per heavy atom. The van der Waals surface area contributed by atoms with Crippen LogP contribution >= 0.6 is 0 Å². The first-order valence-electron chi connectivity index (χ1n) is 9.70. The van der Waals surface area contributed by atoms with Gasteiger partial charge >= 0.3 is 5.97 Å². The average molecular weight is 411 g/mol. The van der Waals surface area contributed by atoms with E-state index in [9.17, 15) is 14.4 Å². The number of benzene rings is 2. The number of carbonyl (C=O) groups is 3. The van der Waals surface area contributed by atoms with Gasteiger partial charge in [0.1, 0.15) is 11.5 Å². The van der Waals surface area contributed by atoms with E-state index in [1.807, 2.05) is 37.3 Å². The molecule has 0 spiro atoms. The third-order valence-electron chi connectivity index (χ3n) is 5.29. The van der Waals surface area contributed by atoms with E-state index in [2.05, 4.69) is 0 Å². The van der Waals surface area contributed by atoms with Crippen LogP contribution in [-0.2, 0) is 14.3 Å². The largest absolute Gasteiger partial charge is 0.497 e. The SMILES string of the molecule is COc1ccc(OC)c(C(=O)COC(=O)[C@@H]2CC(=O)N([C@H](C)c3ccccc3)C2)c1. The first kappa shape index (κ1) is 21.4. The smallest absolute Gasteiger partial charge is 0.311 e. The van der Waals surface area contributed by atoms with Crippen molar-refractivity contribution in [3.63, 3.8) is 0 Å². The van der Waals surface area contributed by atoms with Crippen molar-refractivity contribution in [2.45, 2.75) is 19.4 Å². The summed E-state index contributed by atoms with van der Waals surface area (Å²) < 4.78 is 15.6. The fourth-order valence-corrected chi connectivity index (χ4v) is 3.54. The zero-order valence-corrected chi connectivity index (χ0v) is 17.3. The minimum atomic E-state index is -0.594. The summed E-state index contributed by atoms with van der Waals surface area (Å²) in [4.78, 5) is 39.2. The lowest BCUT2D eigenvalue weighted by molar-refractivity contribution is -0.147. The lowest BCUT2D eigenvalue weighted by atomic mass is 10.1. The maximum absolute atomic E-state index is 12.5. The zero-order chi connectivity index (χ0) is 21.7. The summed E-state index contributed by atoms with van der Waals surface area (Å²) in [5.74, 6) is -0.787. The number of likely N-dealkylation sites (tertiary alicyclic amines) is 1. The second-order valence-corrected chi connectivity index (χ2v) is 7.13. The molecule has 2 aromatic rings. The molecule has 0 aromatic heterocycles. The van der Waals surface area contributed by atoms with Gasteiger partial charge < -0.3 is 19.1 Å². The third-order valence-corrected chi connectivity index (χ3v) is 5.29. The van der Waals surface area contributed by atoms with Gasteiger partial charge in [0.15, 0.2) is 6.61 Å². The van der Waals surface area contributed by atoms with Crippen molar-refractivity contribution in [2.24, 2.45) is 5.92 Å². The summed E-state index contributed by atoms with van der Waals surface area (Å²) >= 11 is 0. The monoisotopic (exact) mass is 411 g/mol. The number of nitrogens with zero attached hydrogens (tertiary/aromatic N) is 1. The molecule has 3 rings (SSSR count). The van der Waals surface area contributed by atoms with Crippen molar-refractivity contribution in [3.05, 3.63) is 59.7 Å². The number of rotatable bonds is 8. The number of Topliss-reactive ketones (excluding diaryl/α,β-unsaturated/α-hetero) is 1. The molecule has 158 valence electrons. The molecule has 0 saturated carbocycles. The molecule has 7 heteroatoms. The Kier molecular flexibility index (Phi) is 6.72. The fraction of sp³-hybridized carbons (Fsp3) is 0.348. The van der Waals surface area contributed by atoms with Gasteiger partial charge in [-0.3, -0.25) is 14.4 Å². The average Bonchev–Trinajstić information content (AvgIpc) is 3.18. The highest BCUT2D eigenvalue weighted by Crippen LogP contribution is 2.29. The Hall–Kier alpha value is -3.35. The van der Waals surface area contributed by atoms with E-state index in [0.29, 0.717) is 11.5 Å². The van der Waals surface area contributed by atoms with Crippen molar-refractivity contribution in [1.29, 1.82) is 0 Å². The molecule has 1 aliphatic heterocycles. The molecule has 7 nitrogen and oxygen atoms in total. The number of esters is 1. The summed E-state index contributed by atoms with van der Waals surface area (Å²) in [6, 6.07) is 14.3. The minimum Gasteiger partial charge on any atom is -0.497 e. The van der Waals surface area contributed by atoms with Gasteiger partial charge in [-0.05, 0) is 30.7 Å². The molecule has 2 aromatic carbocycles. The van der Waals surface area contributed by atoms with E-state index in [1.54, 1.807) is 17.0 Å². The van der Waals surface area contributed by atoms with E-state index < -0.39 is 24.3 Å². The van der Waals surface area contributed by atoms with Crippen LogP contribution in [0.1, 0.15) is 35.3 Å². The zero-order valence-electron chi connectivity index (χ0n) is 17.3. The van der Waals surface area contributed by atoms with Crippen LogP contribution in [0.2, 0.25) is 0 Å². The Bertz CT molecular complexity index is 927. The lowest BCUT2D eigenvalue weighted by Gasteiger charge is -2.25. The predicted octanol–water partition coefficient (Wildman–Crippen LogP) is 3.04. The normalized spacial score (nSPS) is 16.8. The second-order valence-electron chi connectivity index (χ2n) is 7.13. The molecule has 0 N–H and O–H groups in total. The lowest BCUT2D eigenvalue weighted by Crippen LogP contribution is -2.30. The Morgan fingerprint density at radius 1 is 1.10 bits per heavy atom. The summed E-state index contributed by atoms with van der Waals surface area (Å²) in [7, 11) is 2.95. The molecule has 1 heterocycles. The van der Waals surface area contributed by atoms with Gasteiger partial charge in [-0.2, -0.15) is 0 Å². The summed E-state index contributed by atoms with van der Waals surface area (Å²) in [5.41, 5.74) is 1.27. The van der Waals surface area contributed by atoms with Crippen LogP contribution in [0.25, 0.3) is 0 Å². The number of methoxy groups -OCH3 is 2. The number of amides is 1. The van der Waals surface area contributed by atoms with E-state index in [-0.39, 0.29) is 30.5 Å². The van der Waals surface area contributed by atoms with E-state index in [4.69, 9.17) is 14.2 Å². The van der Waals surface area contributed by atoms with Crippen LogP contribution in [0.5, 0.6) is 11.5 Å². The molecular weight excluding hydrogens is 386 g/mol. The summed E-state index contributed by atoms with van der Waals surface area (Å²) in [5, 5.41) is 0. The van der Waals surface area contributed by atoms with E-state index >= 15 is 0 Å². The molecule has 0 bridgehead atoms. The fourth-order valence-electron chi connectivity index (χ4n) is 3.54. The van der Waals surface area contributed by atoms with Crippen LogP contribution in [0.4, 0.5) is 0 Å². The van der Waals surface area contributed by atoms with Gasteiger partial charge in [0, 0.05) is 13.0 Å². The highest BCUT2D eigenvalue weighted by molar-refractivity contribution is 6.01. The molecule has 0 radical (unpaired) electrons. The van der Waals surface area contributed by atoms with Crippen molar-refractivity contribution in [3.8, 4) is 11.5 Å². The van der Waals surface area contributed by atoms with Crippen LogP contribution < -0.4 is 9.47 Å². The molecule has 1 saturated heterocycles. The van der Waals surface area contributed by atoms with Crippen molar-refractivity contribution in [2.75, 3.05) is 27.4 Å².